The maximum atomic E-state index is 13.4. The summed E-state index contributed by atoms with van der Waals surface area (Å²) in [5.41, 5.74) is 7.32. The topological polar surface area (TPSA) is 26.0 Å². The molecule has 1 nitrogen and oxygen atoms in total. The van der Waals surface area contributed by atoms with E-state index in [2.05, 4.69) is 13.0 Å². The highest BCUT2D eigenvalue weighted by Gasteiger charge is 2.11. The summed E-state index contributed by atoms with van der Waals surface area (Å²) >= 11 is 3.13. The van der Waals surface area contributed by atoms with Crippen molar-refractivity contribution in [2.24, 2.45) is 5.73 Å². The highest BCUT2D eigenvalue weighted by molar-refractivity contribution is 7.99. The van der Waals surface area contributed by atoms with Crippen LogP contribution in [0.3, 0.4) is 0 Å². The van der Waals surface area contributed by atoms with Gasteiger partial charge in [0.25, 0.3) is 0 Å². The average molecular weight is 267 g/mol. The average Bonchev–Trinajstić information content (AvgIpc) is 2.74. The molecular weight excluding hydrogens is 253 g/mol. The molecule has 1 aromatic heterocycles. The maximum Gasteiger partial charge on any atom is 0.136 e. The monoisotopic (exact) mass is 267 g/mol. The number of rotatable bonds is 4. The number of thiophene rings is 1. The second kappa shape index (κ2) is 5.67. The number of aryl methyl sites for hydroxylation is 1. The lowest BCUT2D eigenvalue weighted by molar-refractivity contribution is 0.602. The zero-order valence-corrected chi connectivity index (χ0v) is 11.2. The van der Waals surface area contributed by atoms with Gasteiger partial charge in [0.05, 0.1) is 0 Å². The van der Waals surface area contributed by atoms with Crippen molar-refractivity contribution in [1.82, 2.24) is 0 Å². The summed E-state index contributed by atoms with van der Waals surface area (Å²) in [5.74, 6) is 0.523. The molecule has 0 aliphatic carbocycles. The van der Waals surface area contributed by atoms with Crippen LogP contribution in [0.2, 0.25) is 0 Å². The normalized spacial score (nSPS) is 12.6. The molecule has 2 N–H and O–H groups in total. The molecule has 0 aliphatic rings. The number of nitrogens with two attached hydrogens (primary N) is 1. The summed E-state index contributed by atoms with van der Waals surface area (Å²) in [6.07, 6.45) is 0. The lowest BCUT2D eigenvalue weighted by Crippen LogP contribution is -2.12. The van der Waals surface area contributed by atoms with Gasteiger partial charge in [0.15, 0.2) is 0 Å². The molecule has 1 aromatic carbocycles. The molecule has 0 aliphatic heterocycles. The Hall–Kier alpha value is -0.840. The Bertz CT molecular complexity index is 496. The molecule has 0 saturated carbocycles. The Morgan fingerprint density at radius 3 is 2.76 bits per heavy atom. The highest BCUT2D eigenvalue weighted by Crippen LogP contribution is 2.29. The Morgan fingerprint density at radius 1 is 1.35 bits per heavy atom. The molecular formula is C13H14FNS2. The van der Waals surface area contributed by atoms with E-state index in [4.69, 9.17) is 5.73 Å². The van der Waals surface area contributed by atoms with Crippen molar-refractivity contribution < 1.29 is 4.39 Å². The van der Waals surface area contributed by atoms with Crippen LogP contribution in [0, 0.1) is 12.7 Å². The van der Waals surface area contributed by atoms with Crippen molar-refractivity contribution >= 4 is 23.1 Å². The molecule has 0 radical (unpaired) electrons. The largest absolute Gasteiger partial charge is 0.323 e. The van der Waals surface area contributed by atoms with Crippen LogP contribution in [-0.4, -0.2) is 5.75 Å². The molecule has 1 unspecified atom stereocenters. The molecule has 90 valence electrons. The quantitative estimate of drug-likeness (QED) is 0.848. The molecule has 0 spiro atoms. The predicted molar refractivity (Wildman–Crippen MR) is 73.1 cm³/mol. The van der Waals surface area contributed by atoms with Crippen molar-refractivity contribution in [3.63, 3.8) is 0 Å². The zero-order valence-electron chi connectivity index (χ0n) is 9.52. The van der Waals surface area contributed by atoms with Crippen LogP contribution in [0.4, 0.5) is 4.39 Å². The summed E-state index contributed by atoms with van der Waals surface area (Å²) < 4.78 is 13.4. The summed E-state index contributed by atoms with van der Waals surface area (Å²) in [4.78, 5) is 1.85. The van der Waals surface area contributed by atoms with Crippen LogP contribution in [0.25, 0.3) is 0 Å². The van der Waals surface area contributed by atoms with E-state index in [9.17, 15) is 4.39 Å². The van der Waals surface area contributed by atoms with Crippen LogP contribution in [0.1, 0.15) is 16.5 Å². The van der Waals surface area contributed by atoms with E-state index in [1.165, 1.54) is 28.3 Å². The number of halogens is 1. The highest BCUT2D eigenvalue weighted by atomic mass is 32.2. The standard InChI is InChI=1S/C13H14FNS2/c1-9-6-7-16-13(9)11(15)8-17-12-5-3-2-4-10(12)14/h2-7,11H,8,15H2,1H3. The Balaban J connectivity index is 2.00. The van der Waals surface area contributed by atoms with Gasteiger partial charge < -0.3 is 5.73 Å². The first-order valence-corrected chi connectivity index (χ1v) is 7.22. The van der Waals surface area contributed by atoms with Gasteiger partial charge in [-0.2, -0.15) is 0 Å². The fraction of sp³-hybridized carbons (Fsp3) is 0.231. The molecule has 17 heavy (non-hydrogen) atoms. The first-order valence-electron chi connectivity index (χ1n) is 5.35. The molecule has 4 heteroatoms. The minimum absolute atomic E-state index is 0.0281. The number of benzene rings is 1. The first kappa shape index (κ1) is 12.6. The lowest BCUT2D eigenvalue weighted by Gasteiger charge is -2.11. The molecule has 2 rings (SSSR count). The van der Waals surface area contributed by atoms with Gasteiger partial charge in [-0.15, -0.1) is 23.1 Å². The van der Waals surface area contributed by atoms with Gasteiger partial charge in [0.1, 0.15) is 5.82 Å². The molecule has 0 fully saturated rings. The number of thioether (sulfide) groups is 1. The van der Waals surface area contributed by atoms with Gasteiger partial charge in [-0.25, -0.2) is 4.39 Å². The first-order chi connectivity index (χ1) is 8.18. The van der Waals surface area contributed by atoms with Crippen molar-refractivity contribution in [3.05, 3.63) is 52.0 Å². The van der Waals surface area contributed by atoms with Crippen LogP contribution in [-0.2, 0) is 0 Å². The SMILES string of the molecule is Cc1ccsc1C(N)CSc1ccccc1F. The van der Waals surface area contributed by atoms with Gasteiger partial charge >= 0.3 is 0 Å². The van der Waals surface area contributed by atoms with Crippen LogP contribution in [0.5, 0.6) is 0 Å². The summed E-state index contributed by atoms with van der Waals surface area (Å²) in [6, 6.07) is 8.83. The van der Waals surface area contributed by atoms with Crippen molar-refractivity contribution in [3.8, 4) is 0 Å². The fourth-order valence-electron chi connectivity index (χ4n) is 1.58. The minimum Gasteiger partial charge on any atom is -0.323 e. The zero-order chi connectivity index (χ0) is 12.3. The van der Waals surface area contributed by atoms with E-state index in [0.29, 0.717) is 10.6 Å². The summed E-state index contributed by atoms with van der Waals surface area (Å²) in [6.45, 7) is 2.06. The van der Waals surface area contributed by atoms with E-state index in [-0.39, 0.29) is 11.9 Å². The van der Waals surface area contributed by atoms with E-state index >= 15 is 0 Å². The number of hydrogen-bond donors (Lipinski definition) is 1. The Morgan fingerprint density at radius 2 is 2.12 bits per heavy atom. The van der Waals surface area contributed by atoms with E-state index in [1.54, 1.807) is 23.5 Å². The fourth-order valence-corrected chi connectivity index (χ4v) is 3.52. The smallest absolute Gasteiger partial charge is 0.136 e. The third kappa shape index (κ3) is 3.09. The van der Waals surface area contributed by atoms with Crippen molar-refractivity contribution in [1.29, 1.82) is 0 Å². The molecule has 0 bridgehead atoms. The van der Waals surface area contributed by atoms with Crippen LogP contribution in [0.15, 0.2) is 40.6 Å². The van der Waals surface area contributed by atoms with Crippen LogP contribution < -0.4 is 5.73 Å². The van der Waals surface area contributed by atoms with Crippen molar-refractivity contribution in [2.75, 3.05) is 5.75 Å². The van der Waals surface area contributed by atoms with E-state index in [1.807, 2.05) is 11.4 Å². The molecule has 1 heterocycles. The molecule has 2 aromatic rings. The predicted octanol–water partition coefficient (Wildman–Crippen LogP) is 3.99. The Labute approximate surface area is 109 Å². The third-order valence-electron chi connectivity index (χ3n) is 2.49. The van der Waals surface area contributed by atoms with Gasteiger partial charge in [0, 0.05) is 21.6 Å². The van der Waals surface area contributed by atoms with Gasteiger partial charge in [0.2, 0.25) is 0 Å². The van der Waals surface area contributed by atoms with Gasteiger partial charge in [-0.05, 0) is 36.1 Å². The maximum absolute atomic E-state index is 13.4. The van der Waals surface area contributed by atoms with Gasteiger partial charge in [-0.1, -0.05) is 12.1 Å². The third-order valence-corrected chi connectivity index (χ3v) is 4.81. The minimum atomic E-state index is -0.174. The van der Waals surface area contributed by atoms with E-state index < -0.39 is 0 Å². The Kier molecular flexibility index (Phi) is 4.20. The van der Waals surface area contributed by atoms with Gasteiger partial charge in [-0.3, -0.25) is 0 Å². The lowest BCUT2D eigenvalue weighted by atomic mass is 10.2. The molecule has 1 atom stereocenters. The summed E-state index contributed by atoms with van der Waals surface area (Å²) in [7, 11) is 0. The van der Waals surface area contributed by atoms with Crippen molar-refractivity contribution in [2.45, 2.75) is 17.9 Å². The molecule has 0 amide bonds. The molecule has 0 saturated heterocycles. The second-order valence-corrected chi connectivity index (χ2v) is 5.83. The summed E-state index contributed by atoms with van der Waals surface area (Å²) in [5, 5.41) is 2.04. The van der Waals surface area contributed by atoms with Crippen LogP contribution >= 0.6 is 23.1 Å². The van der Waals surface area contributed by atoms with E-state index in [0.717, 1.165) is 0 Å². The second-order valence-electron chi connectivity index (χ2n) is 3.82. The number of hydrogen-bond acceptors (Lipinski definition) is 3.